The highest BCUT2D eigenvalue weighted by atomic mass is 16.3. The number of rotatable bonds is 6. The van der Waals surface area contributed by atoms with E-state index in [0.29, 0.717) is 19.4 Å². The number of aliphatic hydroxyl groups excluding tert-OH is 1. The normalized spacial score (nSPS) is 10.2. The van der Waals surface area contributed by atoms with Crippen molar-refractivity contribution in [1.29, 1.82) is 0 Å². The van der Waals surface area contributed by atoms with E-state index in [2.05, 4.69) is 10.3 Å². The lowest BCUT2D eigenvalue weighted by atomic mass is 10.3. The van der Waals surface area contributed by atoms with Gasteiger partial charge in [-0.05, 0) is 12.8 Å². The van der Waals surface area contributed by atoms with E-state index in [1.54, 1.807) is 0 Å². The molecule has 0 bridgehead atoms. The number of nitrogens with one attached hydrogen (secondary N) is 2. The van der Waals surface area contributed by atoms with Gasteiger partial charge in [-0.15, -0.1) is 0 Å². The molecule has 0 aliphatic carbocycles. The quantitative estimate of drug-likeness (QED) is 0.523. The number of aromatic amines is 1. The second-order valence-electron chi connectivity index (χ2n) is 3.52. The average molecular weight is 241 g/mol. The summed E-state index contributed by atoms with van der Waals surface area (Å²) in [6.07, 6.45) is 2.58. The lowest BCUT2D eigenvalue weighted by Gasteiger charge is -2.05. The van der Waals surface area contributed by atoms with Crippen molar-refractivity contribution in [2.45, 2.75) is 19.4 Å². The van der Waals surface area contributed by atoms with Gasteiger partial charge in [0.05, 0.1) is 0 Å². The van der Waals surface area contributed by atoms with Crippen LogP contribution in [0.4, 0.5) is 0 Å². The van der Waals surface area contributed by atoms with Gasteiger partial charge in [0, 0.05) is 25.4 Å². The lowest BCUT2D eigenvalue weighted by Crippen LogP contribution is -2.35. The Hall–Kier alpha value is -1.89. The van der Waals surface area contributed by atoms with Gasteiger partial charge < -0.3 is 10.4 Å². The van der Waals surface area contributed by atoms with Gasteiger partial charge in [-0.2, -0.15) is 0 Å². The number of nitrogens with zero attached hydrogens (tertiary/aromatic N) is 1. The average Bonchev–Trinajstić information content (AvgIpc) is 2.28. The van der Waals surface area contributed by atoms with Crippen LogP contribution in [0.15, 0.2) is 21.9 Å². The van der Waals surface area contributed by atoms with Gasteiger partial charge in [0.2, 0.25) is 5.91 Å². The Morgan fingerprint density at radius 1 is 1.41 bits per heavy atom. The monoisotopic (exact) mass is 241 g/mol. The number of H-pyrrole nitrogens is 1. The molecular weight excluding hydrogens is 226 g/mol. The molecule has 0 aromatic carbocycles. The Bertz CT molecular complexity index is 477. The van der Waals surface area contributed by atoms with Crippen molar-refractivity contribution < 1.29 is 9.90 Å². The third-order valence-corrected chi connectivity index (χ3v) is 2.12. The summed E-state index contributed by atoms with van der Waals surface area (Å²) in [5.41, 5.74) is -1.10. The summed E-state index contributed by atoms with van der Waals surface area (Å²) in [6, 6.07) is 1.18. The number of amides is 1. The summed E-state index contributed by atoms with van der Waals surface area (Å²) in [5, 5.41) is 11.1. The maximum absolute atomic E-state index is 11.4. The van der Waals surface area contributed by atoms with Crippen LogP contribution in [0.5, 0.6) is 0 Å². The number of aromatic nitrogens is 2. The predicted octanol–water partition coefficient (Wildman–Crippen LogP) is -1.57. The molecule has 0 fully saturated rings. The van der Waals surface area contributed by atoms with Crippen molar-refractivity contribution in [1.82, 2.24) is 14.9 Å². The molecule has 0 saturated carbocycles. The second kappa shape index (κ2) is 6.64. The van der Waals surface area contributed by atoms with Crippen LogP contribution < -0.4 is 16.6 Å². The molecular formula is C10H15N3O4. The molecule has 94 valence electrons. The molecule has 0 spiro atoms. The fourth-order valence-electron chi connectivity index (χ4n) is 1.24. The number of aliphatic hydroxyl groups is 1. The minimum Gasteiger partial charge on any atom is -0.396 e. The molecule has 1 aromatic rings. The Morgan fingerprint density at radius 2 is 2.18 bits per heavy atom. The number of hydrogen-bond acceptors (Lipinski definition) is 4. The molecule has 0 aliphatic heterocycles. The molecule has 0 atom stereocenters. The van der Waals surface area contributed by atoms with Crippen molar-refractivity contribution >= 4 is 5.91 Å². The van der Waals surface area contributed by atoms with Gasteiger partial charge in [0.1, 0.15) is 6.54 Å². The molecule has 0 radical (unpaired) electrons. The zero-order chi connectivity index (χ0) is 12.7. The first kappa shape index (κ1) is 13.2. The molecule has 1 amide bonds. The van der Waals surface area contributed by atoms with Crippen LogP contribution in [0.1, 0.15) is 12.8 Å². The van der Waals surface area contributed by atoms with Crippen molar-refractivity contribution in [3.05, 3.63) is 33.1 Å². The molecule has 0 saturated heterocycles. The van der Waals surface area contributed by atoms with Gasteiger partial charge >= 0.3 is 5.69 Å². The molecule has 17 heavy (non-hydrogen) atoms. The van der Waals surface area contributed by atoms with Gasteiger partial charge in [-0.25, -0.2) is 4.79 Å². The molecule has 3 N–H and O–H groups in total. The fraction of sp³-hybridized carbons (Fsp3) is 0.500. The van der Waals surface area contributed by atoms with E-state index >= 15 is 0 Å². The minimum absolute atomic E-state index is 0.0925. The Balaban J connectivity index is 2.45. The topological polar surface area (TPSA) is 104 Å². The minimum atomic E-state index is -0.608. The van der Waals surface area contributed by atoms with Crippen molar-refractivity contribution in [2.24, 2.45) is 0 Å². The third-order valence-electron chi connectivity index (χ3n) is 2.12. The van der Waals surface area contributed by atoms with E-state index in [-0.39, 0.29) is 19.1 Å². The molecule has 0 aliphatic rings. The first-order valence-electron chi connectivity index (χ1n) is 5.31. The van der Waals surface area contributed by atoms with Gasteiger partial charge in [-0.1, -0.05) is 0 Å². The zero-order valence-electron chi connectivity index (χ0n) is 9.31. The maximum Gasteiger partial charge on any atom is 0.328 e. The highest BCUT2D eigenvalue weighted by molar-refractivity contribution is 5.75. The van der Waals surface area contributed by atoms with Crippen molar-refractivity contribution in [3.63, 3.8) is 0 Å². The molecule has 1 rings (SSSR count). The number of carbonyl (C=O) groups is 1. The van der Waals surface area contributed by atoms with Crippen LogP contribution in [0.2, 0.25) is 0 Å². The van der Waals surface area contributed by atoms with Crippen LogP contribution in [0.25, 0.3) is 0 Å². The second-order valence-corrected chi connectivity index (χ2v) is 3.52. The van der Waals surface area contributed by atoms with E-state index < -0.39 is 11.2 Å². The van der Waals surface area contributed by atoms with E-state index in [4.69, 9.17) is 5.11 Å². The third kappa shape index (κ3) is 4.64. The summed E-state index contributed by atoms with van der Waals surface area (Å²) in [7, 11) is 0. The Kier molecular flexibility index (Phi) is 5.15. The summed E-state index contributed by atoms with van der Waals surface area (Å²) in [4.78, 5) is 35.5. The first-order chi connectivity index (χ1) is 8.13. The highest BCUT2D eigenvalue weighted by Crippen LogP contribution is 1.84. The number of carbonyl (C=O) groups excluding carboxylic acids is 1. The van der Waals surface area contributed by atoms with Crippen LogP contribution in [-0.2, 0) is 11.3 Å². The Labute approximate surface area is 97.1 Å². The molecule has 7 nitrogen and oxygen atoms in total. The lowest BCUT2D eigenvalue weighted by molar-refractivity contribution is -0.121. The summed E-state index contributed by atoms with van der Waals surface area (Å²) in [6.45, 7) is 0.418. The van der Waals surface area contributed by atoms with Gasteiger partial charge in [-0.3, -0.25) is 19.1 Å². The van der Waals surface area contributed by atoms with Gasteiger partial charge in [0.15, 0.2) is 0 Å². The van der Waals surface area contributed by atoms with Crippen molar-refractivity contribution in [3.8, 4) is 0 Å². The number of hydrogen-bond donors (Lipinski definition) is 3. The van der Waals surface area contributed by atoms with Crippen LogP contribution in [0.3, 0.4) is 0 Å². The molecule has 1 heterocycles. The fourth-order valence-corrected chi connectivity index (χ4v) is 1.24. The Morgan fingerprint density at radius 3 is 2.82 bits per heavy atom. The number of unbranched alkanes of at least 4 members (excludes halogenated alkanes) is 1. The molecule has 7 heteroatoms. The SMILES string of the molecule is O=C(Cn1ccc(=O)[nH]c1=O)NCCCCO. The molecule has 1 aromatic heterocycles. The molecule has 0 unspecified atom stereocenters. The largest absolute Gasteiger partial charge is 0.396 e. The van der Waals surface area contributed by atoms with E-state index in [9.17, 15) is 14.4 Å². The van der Waals surface area contributed by atoms with Crippen LogP contribution in [0, 0.1) is 0 Å². The smallest absolute Gasteiger partial charge is 0.328 e. The summed E-state index contributed by atoms with van der Waals surface area (Å²) in [5.74, 6) is -0.308. The van der Waals surface area contributed by atoms with Crippen molar-refractivity contribution in [2.75, 3.05) is 13.2 Å². The standard InChI is InChI=1S/C10H15N3O4/c14-6-2-1-4-11-9(16)7-13-5-3-8(15)12-10(13)17/h3,5,14H,1-2,4,6-7H2,(H,11,16)(H,12,15,17). The highest BCUT2D eigenvalue weighted by Gasteiger charge is 2.03. The zero-order valence-corrected chi connectivity index (χ0v) is 9.31. The van der Waals surface area contributed by atoms with E-state index in [1.807, 2.05) is 0 Å². The predicted molar refractivity (Wildman–Crippen MR) is 60.7 cm³/mol. The van der Waals surface area contributed by atoms with E-state index in [1.165, 1.54) is 12.3 Å². The van der Waals surface area contributed by atoms with E-state index in [0.717, 1.165) is 4.57 Å². The van der Waals surface area contributed by atoms with Crippen LogP contribution in [-0.4, -0.2) is 33.7 Å². The summed E-state index contributed by atoms with van der Waals surface area (Å²) >= 11 is 0. The maximum atomic E-state index is 11.4. The first-order valence-corrected chi connectivity index (χ1v) is 5.31. The van der Waals surface area contributed by atoms with Gasteiger partial charge in [0.25, 0.3) is 5.56 Å². The van der Waals surface area contributed by atoms with Crippen LogP contribution >= 0.6 is 0 Å². The summed E-state index contributed by atoms with van der Waals surface area (Å²) < 4.78 is 1.11.